The van der Waals surface area contributed by atoms with E-state index in [-0.39, 0.29) is 17.9 Å². The second-order valence-corrected chi connectivity index (χ2v) is 11.8. The molecule has 1 fully saturated rings. The summed E-state index contributed by atoms with van der Waals surface area (Å²) in [7, 11) is 0. The lowest BCUT2D eigenvalue weighted by molar-refractivity contribution is -0.133. The van der Waals surface area contributed by atoms with Gasteiger partial charge < -0.3 is 9.80 Å². The van der Waals surface area contributed by atoms with Crippen molar-refractivity contribution in [1.82, 2.24) is 24.6 Å². The van der Waals surface area contributed by atoms with E-state index in [0.29, 0.717) is 32.5 Å². The Morgan fingerprint density at radius 3 is 2.46 bits per heavy atom. The Labute approximate surface area is 246 Å². The fourth-order valence-electron chi connectivity index (χ4n) is 5.31. The summed E-state index contributed by atoms with van der Waals surface area (Å²) >= 11 is 1.64. The summed E-state index contributed by atoms with van der Waals surface area (Å²) in [6.45, 7) is 7.76. The first-order valence-corrected chi connectivity index (χ1v) is 15.2. The topological polar surface area (TPSA) is 71.3 Å². The quantitative estimate of drug-likeness (QED) is 0.191. The Morgan fingerprint density at radius 1 is 0.927 bits per heavy atom. The predicted molar refractivity (Wildman–Crippen MR) is 164 cm³/mol. The molecule has 1 aliphatic rings. The van der Waals surface area contributed by atoms with Gasteiger partial charge in [0.2, 0.25) is 5.91 Å². The van der Waals surface area contributed by atoms with Crippen molar-refractivity contribution in [1.29, 1.82) is 0 Å². The number of rotatable bonds is 9. The Balaban J connectivity index is 1.17. The SMILES string of the molecule is Cc1cccc(-n2c(Cc3ccccc3)nnc2SCCCC(=O)N2CCN(C(=O)c3ccccc3C)C(C)C2)c1. The summed E-state index contributed by atoms with van der Waals surface area (Å²) in [5, 5.41) is 9.92. The monoisotopic (exact) mass is 567 g/mol. The van der Waals surface area contributed by atoms with Gasteiger partial charge in [-0.2, -0.15) is 0 Å². The van der Waals surface area contributed by atoms with E-state index in [1.807, 2.05) is 66.1 Å². The van der Waals surface area contributed by atoms with Gasteiger partial charge in [-0.3, -0.25) is 14.2 Å². The minimum Gasteiger partial charge on any atom is -0.339 e. The summed E-state index contributed by atoms with van der Waals surface area (Å²) in [5.41, 5.74) is 5.13. The van der Waals surface area contributed by atoms with Crippen molar-refractivity contribution in [2.24, 2.45) is 0 Å². The molecule has 1 unspecified atom stereocenters. The molecule has 0 N–H and O–H groups in total. The zero-order valence-electron chi connectivity index (χ0n) is 24.0. The van der Waals surface area contributed by atoms with Crippen LogP contribution in [0.5, 0.6) is 0 Å². The molecule has 7 nitrogen and oxygen atoms in total. The van der Waals surface area contributed by atoms with Crippen LogP contribution in [0.4, 0.5) is 0 Å². The largest absolute Gasteiger partial charge is 0.339 e. The van der Waals surface area contributed by atoms with Gasteiger partial charge >= 0.3 is 0 Å². The van der Waals surface area contributed by atoms with Gasteiger partial charge in [-0.25, -0.2) is 0 Å². The molecule has 1 atom stereocenters. The predicted octanol–water partition coefficient (Wildman–Crippen LogP) is 5.72. The van der Waals surface area contributed by atoms with E-state index in [1.165, 1.54) is 11.1 Å². The molecule has 8 heteroatoms. The summed E-state index contributed by atoms with van der Waals surface area (Å²) in [4.78, 5) is 30.0. The molecule has 0 bridgehead atoms. The van der Waals surface area contributed by atoms with Crippen molar-refractivity contribution in [3.8, 4) is 5.69 Å². The van der Waals surface area contributed by atoms with Crippen LogP contribution in [0.1, 0.15) is 52.6 Å². The lowest BCUT2D eigenvalue weighted by atomic mass is 10.1. The molecule has 3 aromatic carbocycles. The zero-order chi connectivity index (χ0) is 28.8. The number of thioether (sulfide) groups is 1. The van der Waals surface area contributed by atoms with Crippen LogP contribution in [0.3, 0.4) is 0 Å². The molecule has 1 aromatic heterocycles. The summed E-state index contributed by atoms with van der Waals surface area (Å²) in [6.07, 6.45) is 1.91. The average molecular weight is 568 g/mol. The molecule has 41 heavy (non-hydrogen) atoms. The number of benzene rings is 3. The molecule has 2 amide bonds. The molecule has 5 rings (SSSR count). The molecule has 4 aromatic rings. The Hall–Kier alpha value is -3.91. The van der Waals surface area contributed by atoms with E-state index in [9.17, 15) is 9.59 Å². The number of aryl methyl sites for hydroxylation is 2. The van der Waals surface area contributed by atoms with Crippen molar-refractivity contribution < 1.29 is 9.59 Å². The number of hydrogen-bond acceptors (Lipinski definition) is 5. The molecule has 0 aliphatic carbocycles. The van der Waals surface area contributed by atoms with Crippen LogP contribution in [0.25, 0.3) is 5.69 Å². The maximum Gasteiger partial charge on any atom is 0.254 e. The summed E-state index contributed by atoms with van der Waals surface area (Å²) < 4.78 is 2.14. The number of aromatic nitrogens is 3. The summed E-state index contributed by atoms with van der Waals surface area (Å²) in [6, 6.07) is 26.3. The highest BCUT2D eigenvalue weighted by Gasteiger charge is 2.30. The second kappa shape index (κ2) is 13.2. The smallest absolute Gasteiger partial charge is 0.254 e. The summed E-state index contributed by atoms with van der Waals surface area (Å²) in [5.74, 6) is 1.85. The van der Waals surface area contributed by atoms with Gasteiger partial charge in [0.25, 0.3) is 5.91 Å². The van der Waals surface area contributed by atoms with Gasteiger partial charge in [-0.05, 0) is 62.1 Å². The molecule has 2 heterocycles. The first kappa shape index (κ1) is 28.6. The molecule has 212 valence electrons. The van der Waals surface area contributed by atoms with E-state index >= 15 is 0 Å². The van der Waals surface area contributed by atoms with Gasteiger partial charge in [-0.1, -0.05) is 72.4 Å². The number of hydrogen-bond donors (Lipinski definition) is 0. The highest BCUT2D eigenvalue weighted by atomic mass is 32.2. The number of amides is 2. The van der Waals surface area contributed by atoms with Gasteiger partial charge in [-0.15, -0.1) is 10.2 Å². The van der Waals surface area contributed by atoms with E-state index in [4.69, 9.17) is 0 Å². The standard InChI is InChI=1S/C33H37N5O2S/c1-24-11-9-15-28(21-24)38-30(22-27-13-5-4-6-14-27)34-35-33(38)41-20-10-17-31(39)36-18-19-37(26(3)23-36)32(40)29-16-8-7-12-25(29)2/h4-9,11-16,21,26H,10,17-20,22-23H2,1-3H3. The van der Waals surface area contributed by atoms with Crippen LogP contribution >= 0.6 is 11.8 Å². The van der Waals surface area contributed by atoms with Gasteiger partial charge in [0.15, 0.2) is 5.16 Å². The van der Waals surface area contributed by atoms with Crippen LogP contribution < -0.4 is 0 Å². The molecule has 0 saturated carbocycles. The molecule has 0 radical (unpaired) electrons. The normalized spacial score (nSPS) is 15.2. The number of carbonyl (C=O) groups excluding carboxylic acids is 2. The number of nitrogens with zero attached hydrogens (tertiary/aromatic N) is 5. The lowest BCUT2D eigenvalue weighted by Gasteiger charge is -2.40. The Morgan fingerprint density at radius 2 is 1.71 bits per heavy atom. The van der Waals surface area contributed by atoms with Crippen LogP contribution in [0.15, 0.2) is 84.0 Å². The highest BCUT2D eigenvalue weighted by Crippen LogP contribution is 2.25. The van der Waals surface area contributed by atoms with E-state index < -0.39 is 0 Å². The third kappa shape index (κ3) is 6.88. The molecular weight excluding hydrogens is 530 g/mol. The molecule has 0 spiro atoms. The highest BCUT2D eigenvalue weighted by molar-refractivity contribution is 7.99. The Kier molecular flexibility index (Phi) is 9.19. The zero-order valence-corrected chi connectivity index (χ0v) is 24.8. The van der Waals surface area contributed by atoms with Gasteiger partial charge in [0.1, 0.15) is 5.82 Å². The van der Waals surface area contributed by atoms with Crippen LogP contribution in [-0.4, -0.2) is 67.8 Å². The second-order valence-electron chi connectivity index (χ2n) is 10.7. The van der Waals surface area contributed by atoms with E-state index in [2.05, 4.69) is 58.1 Å². The third-order valence-electron chi connectivity index (χ3n) is 7.55. The number of carbonyl (C=O) groups is 2. The van der Waals surface area contributed by atoms with Crippen LogP contribution in [0, 0.1) is 13.8 Å². The fraction of sp³-hybridized carbons (Fsp3) is 0.333. The molecular formula is C33H37N5O2S. The number of piperazine rings is 1. The van der Waals surface area contributed by atoms with Crippen molar-refractivity contribution >= 4 is 23.6 Å². The maximum absolute atomic E-state index is 13.1. The van der Waals surface area contributed by atoms with Gasteiger partial charge in [0, 0.05) is 55.5 Å². The van der Waals surface area contributed by atoms with Crippen molar-refractivity contribution in [3.05, 3.63) is 107 Å². The van der Waals surface area contributed by atoms with E-state index in [0.717, 1.165) is 40.0 Å². The van der Waals surface area contributed by atoms with Gasteiger partial charge in [0.05, 0.1) is 0 Å². The molecule has 1 saturated heterocycles. The minimum atomic E-state index is -0.0231. The maximum atomic E-state index is 13.1. The van der Waals surface area contributed by atoms with E-state index in [1.54, 1.807) is 11.8 Å². The average Bonchev–Trinajstić information content (AvgIpc) is 3.37. The van der Waals surface area contributed by atoms with Crippen molar-refractivity contribution in [2.75, 3.05) is 25.4 Å². The van der Waals surface area contributed by atoms with Crippen molar-refractivity contribution in [3.63, 3.8) is 0 Å². The lowest BCUT2D eigenvalue weighted by Crippen LogP contribution is -2.55. The van der Waals surface area contributed by atoms with Crippen LogP contribution in [0.2, 0.25) is 0 Å². The molecule has 1 aliphatic heterocycles. The van der Waals surface area contributed by atoms with Crippen molar-refractivity contribution in [2.45, 2.75) is 51.2 Å². The van der Waals surface area contributed by atoms with Crippen LogP contribution in [-0.2, 0) is 11.2 Å². The fourth-order valence-corrected chi connectivity index (χ4v) is 6.22. The first-order chi connectivity index (χ1) is 19.9. The first-order valence-electron chi connectivity index (χ1n) is 14.2. The Bertz CT molecular complexity index is 1500. The third-order valence-corrected chi connectivity index (χ3v) is 8.56. The minimum absolute atomic E-state index is 0.0231.